The summed E-state index contributed by atoms with van der Waals surface area (Å²) in [5.74, 6) is -4.05. The van der Waals surface area contributed by atoms with Gasteiger partial charge in [-0.2, -0.15) is 0 Å². The van der Waals surface area contributed by atoms with E-state index in [4.69, 9.17) is 0 Å². The number of nitrogens with one attached hydrogen (secondary N) is 2. The van der Waals surface area contributed by atoms with E-state index in [1.54, 1.807) is 20.8 Å². The van der Waals surface area contributed by atoms with E-state index in [9.17, 15) is 18.8 Å². The quantitative estimate of drug-likeness (QED) is 0.614. The first-order chi connectivity index (χ1) is 17.4. The molecule has 2 aromatic carbocycles. The van der Waals surface area contributed by atoms with E-state index in [0.717, 1.165) is 17.2 Å². The normalized spacial score (nSPS) is 21.1. The zero-order chi connectivity index (χ0) is 27.1. The molecular formula is C29H35F2N3O3. The molecule has 1 fully saturated rings. The van der Waals surface area contributed by atoms with Crippen molar-refractivity contribution >= 4 is 17.7 Å². The van der Waals surface area contributed by atoms with Gasteiger partial charge in [-0.25, -0.2) is 8.78 Å². The predicted octanol–water partition coefficient (Wildman–Crippen LogP) is 4.08. The number of benzene rings is 2. The van der Waals surface area contributed by atoms with Crippen LogP contribution in [0.15, 0.2) is 42.5 Å². The minimum atomic E-state index is -1.51. The van der Waals surface area contributed by atoms with Crippen LogP contribution < -0.4 is 10.6 Å². The van der Waals surface area contributed by atoms with Crippen molar-refractivity contribution < 1.29 is 23.2 Å². The third-order valence-electron chi connectivity index (χ3n) is 7.01. The maximum absolute atomic E-state index is 15.2. The number of piperazine rings is 1. The van der Waals surface area contributed by atoms with Crippen LogP contribution in [0, 0.1) is 23.5 Å². The van der Waals surface area contributed by atoms with Gasteiger partial charge in [0.1, 0.15) is 18.1 Å². The van der Waals surface area contributed by atoms with E-state index in [1.807, 2.05) is 38.1 Å². The van der Waals surface area contributed by atoms with Crippen molar-refractivity contribution in [2.45, 2.75) is 77.5 Å². The SMILES string of the molecule is CC(C)C[C@@H]1C(=O)N[C@H](C2Cc3ccccc3C2)C(=O)N1[C@@H](C(=O)NC(C)(C)C)c1cccc(F)c1F. The van der Waals surface area contributed by atoms with Crippen LogP contribution in [0.5, 0.6) is 0 Å². The summed E-state index contributed by atoms with van der Waals surface area (Å²) in [4.78, 5) is 42.6. The predicted molar refractivity (Wildman–Crippen MR) is 136 cm³/mol. The van der Waals surface area contributed by atoms with Crippen molar-refractivity contribution in [1.82, 2.24) is 15.5 Å². The Kier molecular flexibility index (Phi) is 7.40. The third-order valence-corrected chi connectivity index (χ3v) is 7.01. The van der Waals surface area contributed by atoms with Crippen molar-refractivity contribution in [3.63, 3.8) is 0 Å². The second-order valence-electron chi connectivity index (χ2n) is 11.6. The Balaban J connectivity index is 1.80. The van der Waals surface area contributed by atoms with Crippen LogP contribution in [0.25, 0.3) is 0 Å². The summed E-state index contributed by atoms with van der Waals surface area (Å²) in [5, 5.41) is 5.73. The number of fused-ring (bicyclic) bond motifs is 1. The van der Waals surface area contributed by atoms with Crippen molar-refractivity contribution in [2.75, 3.05) is 0 Å². The van der Waals surface area contributed by atoms with Gasteiger partial charge in [0.25, 0.3) is 0 Å². The first-order valence-electron chi connectivity index (χ1n) is 12.8. The van der Waals surface area contributed by atoms with Gasteiger partial charge >= 0.3 is 0 Å². The molecule has 6 nitrogen and oxygen atoms in total. The molecule has 3 atom stereocenters. The lowest BCUT2D eigenvalue weighted by Crippen LogP contribution is -2.67. The molecule has 1 heterocycles. The van der Waals surface area contributed by atoms with Crippen LogP contribution in [0.3, 0.4) is 0 Å². The highest BCUT2D eigenvalue weighted by atomic mass is 19.2. The molecule has 198 valence electrons. The van der Waals surface area contributed by atoms with Gasteiger partial charge in [0.2, 0.25) is 17.7 Å². The molecule has 1 aliphatic heterocycles. The van der Waals surface area contributed by atoms with Gasteiger partial charge in [-0.15, -0.1) is 0 Å². The molecule has 0 aromatic heterocycles. The average Bonchev–Trinajstić information content (AvgIpc) is 3.23. The third kappa shape index (κ3) is 5.53. The number of halogens is 2. The molecule has 8 heteroatoms. The van der Waals surface area contributed by atoms with Crippen LogP contribution in [-0.4, -0.2) is 40.2 Å². The van der Waals surface area contributed by atoms with Crippen LogP contribution in [-0.2, 0) is 27.2 Å². The van der Waals surface area contributed by atoms with E-state index in [1.165, 1.54) is 17.0 Å². The number of carbonyl (C=O) groups excluding carboxylic acids is 3. The van der Waals surface area contributed by atoms with Crippen LogP contribution in [0.2, 0.25) is 0 Å². The molecule has 0 spiro atoms. The number of amides is 3. The van der Waals surface area contributed by atoms with Gasteiger partial charge in [-0.05, 0) is 69.1 Å². The molecule has 0 bridgehead atoms. The first kappa shape index (κ1) is 26.8. The minimum Gasteiger partial charge on any atom is -0.349 e. The Morgan fingerprint density at radius 1 is 1.05 bits per heavy atom. The van der Waals surface area contributed by atoms with Gasteiger partial charge in [-0.3, -0.25) is 14.4 Å². The molecule has 1 aliphatic carbocycles. The zero-order valence-corrected chi connectivity index (χ0v) is 22.0. The molecule has 0 unspecified atom stereocenters. The molecule has 1 saturated heterocycles. The molecule has 0 saturated carbocycles. The number of nitrogens with zero attached hydrogens (tertiary/aromatic N) is 1. The molecular weight excluding hydrogens is 476 g/mol. The lowest BCUT2D eigenvalue weighted by Gasteiger charge is -2.45. The summed E-state index contributed by atoms with van der Waals surface area (Å²) < 4.78 is 29.6. The van der Waals surface area contributed by atoms with E-state index in [2.05, 4.69) is 10.6 Å². The van der Waals surface area contributed by atoms with Crippen LogP contribution in [0.1, 0.15) is 63.8 Å². The molecule has 0 radical (unpaired) electrons. The highest BCUT2D eigenvalue weighted by molar-refractivity contribution is 6.00. The number of hydrogen-bond donors (Lipinski definition) is 2. The Bertz CT molecular complexity index is 1180. The topological polar surface area (TPSA) is 78.5 Å². The highest BCUT2D eigenvalue weighted by Gasteiger charge is 2.50. The summed E-state index contributed by atoms with van der Waals surface area (Å²) in [7, 11) is 0. The summed E-state index contributed by atoms with van der Waals surface area (Å²) >= 11 is 0. The van der Waals surface area contributed by atoms with Crippen molar-refractivity contribution in [2.24, 2.45) is 11.8 Å². The fourth-order valence-electron chi connectivity index (χ4n) is 5.46. The van der Waals surface area contributed by atoms with Gasteiger partial charge < -0.3 is 15.5 Å². The largest absolute Gasteiger partial charge is 0.349 e. The first-order valence-corrected chi connectivity index (χ1v) is 12.8. The molecule has 3 amide bonds. The summed E-state index contributed by atoms with van der Waals surface area (Å²) in [6, 6.07) is 8.06. The number of hydrogen-bond acceptors (Lipinski definition) is 3. The lowest BCUT2D eigenvalue weighted by atomic mass is 9.87. The maximum Gasteiger partial charge on any atom is 0.247 e. The molecule has 2 aromatic rings. The summed E-state index contributed by atoms with van der Waals surface area (Å²) in [6.45, 7) is 9.10. The van der Waals surface area contributed by atoms with E-state index in [-0.39, 0.29) is 29.7 Å². The Hall–Kier alpha value is -3.29. The second kappa shape index (κ2) is 10.2. The molecule has 37 heavy (non-hydrogen) atoms. The monoisotopic (exact) mass is 511 g/mol. The minimum absolute atomic E-state index is 0.00187. The highest BCUT2D eigenvalue weighted by Crippen LogP contribution is 2.36. The standard InChI is InChI=1S/C29H35F2N3O3/c1-16(2)13-22-26(35)32-24(19-14-17-9-6-7-10-18(17)15-19)28(37)34(22)25(27(36)33-29(3,4)5)20-11-8-12-21(30)23(20)31/h6-12,16,19,22,24-25H,13-15H2,1-5H3,(H,32,35)(H,33,36)/t22-,24-,25-/m1/s1. The Morgan fingerprint density at radius 2 is 1.68 bits per heavy atom. The van der Waals surface area contributed by atoms with E-state index in [0.29, 0.717) is 12.8 Å². The van der Waals surface area contributed by atoms with Crippen molar-refractivity contribution in [3.8, 4) is 0 Å². The Morgan fingerprint density at radius 3 is 2.24 bits per heavy atom. The fourth-order valence-corrected chi connectivity index (χ4v) is 5.46. The zero-order valence-electron chi connectivity index (χ0n) is 22.0. The lowest BCUT2D eigenvalue weighted by molar-refractivity contribution is -0.158. The van der Waals surface area contributed by atoms with Gasteiger partial charge in [-0.1, -0.05) is 50.2 Å². The van der Waals surface area contributed by atoms with Gasteiger partial charge in [0.05, 0.1) is 0 Å². The molecule has 2 aliphatic rings. The molecule has 2 N–H and O–H groups in total. The average molecular weight is 512 g/mol. The van der Waals surface area contributed by atoms with E-state index < -0.39 is 47.1 Å². The van der Waals surface area contributed by atoms with Crippen molar-refractivity contribution in [1.29, 1.82) is 0 Å². The summed E-state index contributed by atoms with van der Waals surface area (Å²) in [6.07, 6.45) is 1.47. The Labute approximate surface area is 216 Å². The van der Waals surface area contributed by atoms with Gasteiger partial charge in [0.15, 0.2) is 11.6 Å². The van der Waals surface area contributed by atoms with Crippen LogP contribution >= 0.6 is 0 Å². The van der Waals surface area contributed by atoms with Gasteiger partial charge in [0, 0.05) is 11.1 Å². The maximum atomic E-state index is 15.2. The number of rotatable bonds is 6. The van der Waals surface area contributed by atoms with Crippen LogP contribution in [0.4, 0.5) is 8.78 Å². The summed E-state index contributed by atoms with van der Waals surface area (Å²) in [5.41, 5.74) is 1.25. The molecule has 4 rings (SSSR count). The van der Waals surface area contributed by atoms with Crippen molar-refractivity contribution in [3.05, 3.63) is 70.8 Å². The van der Waals surface area contributed by atoms with E-state index >= 15 is 4.39 Å². The second-order valence-corrected chi connectivity index (χ2v) is 11.6. The number of carbonyl (C=O) groups is 3. The fraction of sp³-hybridized carbons (Fsp3) is 0.483. The smallest absolute Gasteiger partial charge is 0.247 e.